The second-order valence-electron chi connectivity index (χ2n) is 6.34. The maximum atomic E-state index is 12.9. The molecule has 1 unspecified atom stereocenters. The number of anilines is 2. The van der Waals surface area contributed by atoms with Gasteiger partial charge in [0.25, 0.3) is 15.9 Å². The summed E-state index contributed by atoms with van der Waals surface area (Å²) in [6, 6.07) is 11.7. The average Bonchev–Trinajstić information content (AvgIpc) is 2.92. The molecule has 1 aliphatic heterocycles. The first kappa shape index (κ1) is 18.8. The monoisotopic (exact) mass is 412 g/mol. The average molecular weight is 412 g/mol. The first-order valence-corrected chi connectivity index (χ1v) is 10.1. The van der Waals surface area contributed by atoms with Crippen molar-refractivity contribution in [1.29, 1.82) is 0 Å². The molecule has 3 aromatic rings. The van der Waals surface area contributed by atoms with Crippen molar-refractivity contribution in [3.63, 3.8) is 0 Å². The van der Waals surface area contributed by atoms with Crippen LogP contribution < -0.4 is 9.62 Å². The van der Waals surface area contributed by atoms with E-state index in [-0.39, 0.29) is 10.8 Å². The SMILES string of the molecule is CC(OC(=O)CN1c2cccc3cccc(c23)S1(=O)=O)C(=O)Nc1ncccn1. The van der Waals surface area contributed by atoms with Crippen molar-refractivity contribution < 1.29 is 22.7 Å². The van der Waals surface area contributed by atoms with Crippen molar-refractivity contribution in [2.75, 3.05) is 16.2 Å². The van der Waals surface area contributed by atoms with E-state index in [0.717, 1.165) is 9.69 Å². The zero-order valence-electron chi connectivity index (χ0n) is 15.3. The van der Waals surface area contributed by atoms with Crippen LogP contribution in [0, 0.1) is 0 Å². The van der Waals surface area contributed by atoms with Crippen LogP contribution in [-0.2, 0) is 24.3 Å². The van der Waals surface area contributed by atoms with E-state index < -0.39 is 34.5 Å². The Morgan fingerprint density at radius 3 is 2.52 bits per heavy atom. The van der Waals surface area contributed by atoms with Gasteiger partial charge in [-0.3, -0.25) is 19.2 Å². The summed E-state index contributed by atoms with van der Waals surface area (Å²) in [5, 5.41) is 3.74. The van der Waals surface area contributed by atoms with Crippen LogP contribution in [0.1, 0.15) is 6.92 Å². The largest absolute Gasteiger partial charge is 0.451 e. The number of aromatic nitrogens is 2. The predicted octanol–water partition coefficient (Wildman–Crippen LogP) is 1.71. The Bertz CT molecular complexity index is 1210. The lowest BCUT2D eigenvalue weighted by Gasteiger charge is -2.19. The molecule has 1 N–H and O–H groups in total. The number of carbonyl (C=O) groups is 2. The molecule has 2 aromatic carbocycles. The first-order valence-electron chi connectivity index (χ1n) is 8.70. The quantitative estimate of drug-likeness (QED) is 0.634. The highest BCUT2D eigenvalue weighted by atomic mass is 32.2. The van der Waals surface area contributed by atoms with Crippen LogP contribution in [0.5, 0.6) is 0 Å². The number of hydrogen-bond donors (Lipinski definition) is 1. The van der Waals surface area contributed by atoms with Gasteiger partial charge in [-0.15, -0.1) is 0 Å². The number of amides is 1. The Morgan fingerprint density at radius 2 is 1.79 bits per heavy atom. The summed E-state index contributed by atoms with van der Waals surface area (Å²) in [5.41, 5.74) is 0.407. The highest BCUT2D eigenvalue weighted by molar-refractivity contribution is 7.93. The van der Waals surface area contributed by atoms with E-state index in [4.69, 9.17) is 4.74 Å². The smallest absolute Gasteiger partial charge is 0.327 e. The summed E-state index contributed by atoms with van der Waals surface area (Å²) in [5.74, 6) is -1.40. The third kappa shape index (κ3) is 3.38. The second kappa shape index (κ2) is 7.13. The minimum atomic E-state index is -3.89. The molecule has 29 heavy (non-hydrogen) atoms. The summed E-state index contributed by atoms with van der Waals surface area (Å²) < 4.78 is 31.9. The van der Waals surface area contributed by atoms with Gasteiger partial charge in [0.05, 0.1) is 10.6 Å². The number of nitrogens with zero attached hydrogens (tertiary/aromatic N) is 3. The molecule has 1 amide bonds. The maximum Gasteiger partial charge on any atom is 0.327 e. The zero-order valence-corrected chi connectivity index (χ0v) is 16.1. The molecule has 0 saturated carbocycles. The summed E-state index contributed by atoms with van der Waals surface area (Å²) in [6.45, 7) is 0.833. The zero-order chi connectivity index (χ0) is 20.6. The van der Waals surface area contributed by atoms with Crippen LogP contribution >= 0.6 is 0 Å². The molecule has 148 valence electrons. The van der Waals surface area contributed by atoms with Crippen molar-refractivity contribution in [2.24, 2.45) is 0 Å². The summed E-state index contributed by atoms with van der Waals surface area (Å²) in [6.07, 6.45) is 1.75. The number of carbonyl (C=O) groups excluding carboxylic acids is 2. The summed E-state index contributed by atoms with van der Waals surface area (Å²) in [4.78, 5) is 32.4. The highest BCUT2D eigenvalue weighted by Crippen LogP contribution is 2.41. The molecule has 4 rings (SSSR count). The lowest BCUT2D eigenvalue weighted by molar-refractivity contribution is -0.151. The molecule has 0 saturated heterocycles. The number of rotatable bonds is 5. The molecule has 0 aliphatic carbocycles. The third-order valence-corrected chi connectivity index (χ3v) is 6.23. The molecule has 10 heteroatoms. The normalized spacial score (nSPS) is 15.1. The molecular weight excluding hydrogens is 396 g/mol. The Balaban J connectivity index is 1.49. The van der Waals surface area contributed by atoms with Crippen molar-refractivity contribution in [3.05, 3.63) is 54.9 Å². The van der Waals surface area contributed by atoms with E-state index in [0.29, 0.717) is 11.1 Å². The number of nitrogens with one attached hydrogen (secondary N) is 1. The van der Waals surface area contributed by atoms with E-state index in [1.165, 1.54) is 25.4 Å². The van der Waals surface area contributed by atoms with Crippen LogP contribution in [0.25, 0.3) is 10.8 Å². The second-order valence-corrected chi connectivity index (χ2v) is 8.17. The molecule has 9 nitrogen and oxygen atoms in total. The topological polar surface area (TPSA) is 119 Å². The van der Waals surface area contributed by atoms with Gasteiger partial charge >= 0.3 is 5.97 Å². The van der Waals surface area contributed by atoms with E-state index in [2.05, 4.69) is 15.3 Å². The highest BCUT2D eigenvalue weighted by Gasteiger charge is 2.37. The van der Waals surface area contributed by atoms with Crippen LogP contribution in [-0.4, -0.2) is 42.9 Å². The van der Waals surface area contributed by atoms with Crippen molar-refractivity contribution in [1.82, 2.24) is 9.97 Å². The van der Waals surface area contributed by atoms with Gasteiger partial charge in [0, 0.05) is 17.8 Å². The van der Waals surface area contributed by atoms with Crippen molar-refractivity contribution in [2.45, 2.75) is 17.9 Å². The summed E-state index contributed by atoms with van der Waals surface area (Å²) >= 11 is 0. The van der Waals surface area contributed by atoms with E-state index in [1.807, 2.05) is 0 Å². The van der Waals surface area contributed by atoms with Crippen LogP contribution in [0.4, 0.5) is 11.6 Å². The molecule has 2 heterocycles. The molecule has 1 atom stereocenters. The lowest BCUT2D eigenvalue weighted by atomic mass is 10.1. The van der Waals surface area contributed by atoms with Gasteiger partial charge in [0.15, 0.2) is 6.10 Å². The predicted molar refractivity (Wildman–Crippen MR) is 105 cm³/mol. The number of hydrogen-bond acceptors (Lipinski definition) is 7. The van der Waals surface area contributed by atoms with Gasteiger partial charge in [-0.1, -0.05) is 24.3 Å². The third-order valence-electron chi connectivity index (χ3n) is 4.43. The first-order chi connectivity index (χ1) is 13.9. The van der Waals surface area contributed by atoms with Crippen LogP contribution in [0.3, 0.4) is 0 Å². The Hall–Kier alpha value is -3.53. The fourth-order valence-electron chi connectivity index (χ4n) is 3.11. The molecular formula is C19H16N4O5S. The van der Waals surface area contributed by atoms with E-state index >= 15 is 0 Å². The number of esters is 1. The fourth-order valence-corrected chi connectivity index (χ4v) is 4.76. The van der Waals surface area contributed by atoms with E-state index in [1.54, 1.807) is 36.4 Å². The van der Waals surface area contributed by atoms with E-state index in [9.17, 15) is 18.0 Å². The molecule has 1 aromatic heterocycles. The van der Waals surface area contributed by atoms with Gasteiger partial charge < -0.3 is 4.74 Å². The minimum Gasteiger partial charge on any atom is -0.451 e. The summed E-state index contributed by atoms with van der Waals surface area (Å²) in [7, 11) is -3.89. The number of ether oxygens (including phenoxy) is 1. The number of benzene rings is 2. The molecule has 0 spiro atoms. The fraction of sp³-hybridized carbons (Fsp3) is 0.158. The van der Waals surface area contributed by atoms with Gasteiger partial charge in [-0.05, 0) is 30.5 Å². The van der Waals surface area contributed by atoms with Crippen molar-refractivity contribution >= 4 is 44.3 Å². The van der Waals surface area contributed by atoms with Crippen LogP contribution in [0.2, 0.25) is 0 Å². The molecule has 0 radical (unpaired) electrons. The standard InChI is InChI=1S/C19H16N4O5S/c1-12(18(25)22-19-20-9-4-10-21-19)28-16(24)11-23-14-7-2-5-13-6-3-8-15(17(13)14)29(23,26)27/h2-10,12H,11H2,1H3,(H,20,21,22,25). The van der Waals surface area contributed by atoms with Gasteiger partial charge in [-0.25, -0.2) is 18.4 Å². The number of sulfonamides is 1. The lowest BCUT2D eigenvalue weighted by Crippen LogP contribution is -2.37. The van der Waals surface area contributed by atoms with Gasteiger partial charge in [0.2, 0.25) is 5.95 Å². The Labute approximate surface area is 166 Å². The Kier molecular flexibility index (Phi) is 4.63. The molecule has 1 aliphatic rings. The van der Waals surface area contributed by atoms with Gasteiger partial charge in [0.1, 0.15) is 6.54 Å². The maximum absolute atomic E-state index is 12.9. The van der Waals surface area contributed by atoms with Gasteiger partial charge in [-0.2, -0.15) is 0 Å². The van der Waals surface area contributed by atoms with Crippen LogP contribution in [0.15, 0.2) is 59.8 Å². The minimum absolute atomic E-state index is 0.0737. The van der Waals surface area contributed by atoms with Crippen molar-refractivity contribution in [3.8, 4) is 0 Å². The molecule has 0 fully saturated rings. The Morgan fingerprint density at radius 1 is 1.10 bits per heavy atom. The molecule has 0 bridgehead atoms.